The summed E-state index contributed by atoms with van der Waals surface area (Å²) >= 11 is 0. The number of nitrogens with zero attached hydrogens (tertiary/aromatic N) is 5. The molecule has 1 aliphatic rings. The van der Waals surface area contributed by atoms with Gasteiger partial charge < -0.3 is 4.90 Å². The molecule has 0 saturated carbocycles. The van der Waals surface area contributed by atoms with Crippen molar-refractivity contribution in [3.8, 4) is 24.3 Å². The van der Waals surface area contributed by atoms with Crippen LogP contribution in [0.4, 0.5) is 0 Å². The number of nitriles is 4. The lowest BCUT2D eigenvalue weighted by molar-refractivity contribution is 0.538. The Balaban J connectivity index is 2.83. The van der Waals surface area contributed by atoms with Gasteiger partial charge in [0.2, 0.25) is 0 Å². The summed E-state index contributed by atoms with van der Waals surface area (Å²) in [5.41, 5.74) is 4.00. The first-order valence-electron chi connectivity index (χ1n) is 7.12. The summed E-state index contributed by atoms with van der Waals surface area (Å²) in [7, 11) is 3.68. The zero-order chi connectivity index (χ0) is 17.7. The number of benzene rings is 1. The van der Waals surface area contributed by atoms with Gasteiger partial charge >= 0.3 is 0 Å². The van der Waals surface area contributed by atoms with E-state index in [1.807, 2.05) is 67.5 Å². The Bertz CT molecular complexity index is 904. The summed E-state index contributed by atoms with van der Waals surface area (Å²) in [5.74, 6) is -0.877. The molecule has 0 amide bonds. The number of allylic oxidation sites excluding steroid dienone is 5. The van der Waals surface area contributed by atoms with E-state index in [9.17, 15) is 0 Å². The van der Waals surface area contributed by atoms with E-state index in [-0.39, 0.29) is 5.57 Å². The molecule has 0 atom stereocenters. The molecule has 0 saturated heterocycles. The predicted molar refractivity (Wildman–Crippen MR) is 89.1 cm³/mol. The van der Waals surface area contributed by atoms with Gasteiger partial charge in [0.1, 0.15) is 17.7 Å². The summed E-state index contributed by atoms with van der Waals surface area (Å²) in [6.45, 7) is 0. The van der Waals surface area contributed by atoms with Crippen molar-refractivity contribution < 1.29 is 0 Å². The maximum atomic E-state index is 9.10. The molecule has 5 heteroatoms. The summed E-state index contributed by atoms with van der Waals surface area (Å²) in [5, 5.41) is 36.3. The Kier molecular flexibility index (Phi) is 4.81. The van der Waals surface area contributed by atoms with Crippen LogP contribution in [0.25, 0.3) is 11.1 Å². The molecule has 0 aromatic heterocycles. The van der Waals surface area contributed by atoms with Gasteiger partial charge in [0, 0.05) is 25.2 Å². The largest absolute Gasteiger partial charge is 0.377 e. The lowest BCUT2D eigenvalue weighted by Gasteiger charge is -2.18. The van der Waals surface area contributed by atoms with Crippen LogP contribution in [0.3, 0.4) is 0 Å². The summed E-state index contributed by atoms with van der Waals surface area (Å²) in [4.78, 5) is 1.86. The van der Waals surface area contributed by atoms with Crippen molar-refractivity contribution in [2.24, 2.45) is 5.92 Å². The van der Waals surface area contributed by atoms with E-state index in [4.69, 9.17) is 21.0 Å². The van der Waals surface area contributed by atoms with Crippen LogP contribution < -0.4 is 0 Å². The van der Waals surface area contributed by atoms with Gasteiger partial charge in [0.05, 0.1) is 17.8 Å². The van der Waals surface area contributed by atoms with Gasteiger partial charge in [0.25, 0.3) is 0 Å². The number of hydrogen-bond acceptors (Lipinski definition) is 5. The molecule has 24 heavy (non-hydrogen) atoms. The van der Waals surface area contributed by atoms with Crippen molar-refractivity contribution in [2.45, 2.75) is 0 Å². The minimum atomic E-state index is -0.877. The average Bonchev–Trinajstić information content (AvgIpc) is 2.91. The lowest BCUT2D eigenvalue weighted by atomic mass is 10.0. The van der Waals surface area contributed by atoms with Crippen LogP contribution in [0, 0.1) is 51.2 Å². The zero-order valence-corrected chi connectivity index (χ0v) is 13.3. The van der Waals surface area contributed by atoms with Gasteiger partial charge in [-0.05, 0) is 23.3 Å². The highest BCUT2D eigenvalue weighted by Crippen LogP contribution is 2.43. The second-order valence-electron chi connectivity index (χ2n) is 5.30. The van der Waals surface area contributed by atoms with Crippen LogP contribution in [0.15, 0.2) is 47.7 Å². The van der Waals surface area contributed by atoms with Crippen molar-refractivity contribution in [3.05, 3.63) is 58.8 Å². The van der Waals surface area contributed by atoms with E-state index in [0.29, 0.717) is 0 Å². The molecule has 5 nitrogen and oxygen atoms in total. The van der Waals surface area contributed by atoms with Gasteiger partial charge in [-0.3, -0.25) is 0 Å². The van der Waals surface area contributed by atoms with Crippen LogP contribution in [0.1, 0.15) is 11.1 Å². The van der Waals surface area contributed by atoms with Crippen LogP contribution in [-0.4, -0.2) is 19.0 Å². The first kappa shape index (κ1) is 16.6. The van der Waals surface area contributed by atoms with Gasteiger partial charge in [-0.15, -0.1) is 0 Å². The molecule has 0 radical (unpaired) electrons. The van der Waals surface area contributed by atoms with Crippen molar-refractivity contribution in [1.82, 2.24) is 4.90 Å². The Labute approximate surface area is 140 Å². The van der Waals surface area contributed by atoms with E-state index >= 15 is 0 Å². The van der Waals surface area contributed by atoms with Gasteiger partial charge in [0.15, 0.2) is 5.92 Å². The second kappa shape index (κ2) is 6.97. The monoisotopic (exact) mass is 311 g/mol. The quantitative estimate of drug-likeness (QED) is 0.799. The van der Waals surface area contributed by atoms with Crippen LogP contribution >= 0.6 is 0 Å². The van der Waals surface area contributed by atoms with Crippen LogP contribution in [0.5, 0.6) is 0 Å². The van der Waals surface area contributed by atoms with E-state index < -0.39 is 5.92 Å². The van der Waals surface area contributed by atoms with E-state index in [1.165, 1.54) is 0 Å². The number of fused-ring (bicyclic) bond motifs is 1. The van der Waals surface area contributed by atoms with E-state index in [0.717, 1.165) is 28.0 Å². The predicted octanol–water partition coefficient (Wildman–Crippen LogP) is 2.99. The highest BCUT2D eigenvalue weighted by Gasteiger charge is 2.27. The van der Waals surface area contributed by atoms with Crippen molar-refractivity contribution >= 4 is 11.1 Å². The molecule has 1 aromatic carbocycles. The molecule has 1 aromatic rings. The van der Waals surface area contributed by atoms with Crippen molar-refractivity contribution in [2.75, 3.05) is 14.1 Å². The minimum absolute atomic E-state index is 0.00230. The Morgan fingerprint density at radius 3 is 2.08 bits per heavy atom. The molecule has 0 unspecified atom stereocenters. The third kappa shape index (κ3) is 2.89. The first-order chi connectivity index (χ1) is 11.6. The Hall–Kier alpha value is -3.80. The number of hydrogen-bond donors (Lipinski definition) is 0. The van der Waals surface area contributed by atoms with Crippen LogP contribution in [0.2, 0.25) is 0 Å². The van der Waals surface area contributed by atoms with E-state index in [1.54, 1.807) is 12.2 Å². The highest BCUT2D eigenvalue weighted by atomic mass is 15.1. The zero-order valence-electron chi connectivity index (χ0n) is 13.3. The van der Waals surface area contributed by atoms with E-state index in [2.05, 4.69) is 0 Å². The third-order valence-electron chi connectivity index (χ3n) is 3.61. The fourth-order valence-electron chi connectivity index (χ4n) is 2.65. The Morgan fingerprint density at radius 1 is 1.00 bits per heavy atom. The van der Waals surface area contributed by atoms with Crippen molar-refractivity contribution in [1.29, 1.82) is 21.0 Å². The average molecular weight is 311 g/mol. The molecule has 0 fully saturated rings. The maximum Gasteiger partial charge on any atom is 0.152 e. The van der Waals surface area contributed by atoms with Gasteiger partial charge in [-0.25, -0.2) is 0 Å². The smallest absolute Gasteiger partial charge is 0.152 e. The molecule has 0 bridgehead atoms. The normalized spacial score (nSPS) is 13.5. The maximum absolute atomic E-state index is 9.10. The fraction of sp³-hybridized carbons (Fsp3) is 0.158. The van der Waals surface area contributed by atoms with Crippen molar-refractivity contribution in [3.63, 3.8) is 0 Å². The second-order valence-corrected chi connectivity index (χ2v) is 5.30. The first-order valence-corrected chi connectivity index (χ1v) is 7.12. The molecular formula is C19H13N5. The molecule has 0 spiro atoms. The molecule has 2 rings (SSSR count). The highest BCUT2D eigenvalue weighted by molar-refractivity contribution is 6.03. The number of likely N-dealkylation sites (N-methyl/N-ethyl adjacent to an activating group) is 1. The summed E-state index contributed by atoms with van der Waals surface area (Å²) < 4.78 is 0. The molecule has 0 heterocycles. The SMILES string of the molecule is CN(C)C1=C(C=C(C#N)C#N)c2ccccc2/C1=C/C(C#N)C#N. The molecule has 0 aliphatic heterocycles. The number of rotatable bonds is 3. The van der Waals surface area contributed by atoms with Gasteiger partial charge in [-0.2, -0.15) is 21.0 Å². The molecular weight excluding hydrogens is 298 g/mol. The van der Waals surface area contributed by atoms with Gasteiger partial charge in [-0.1, -0.05) is 24.3 Å². The lowest BCUT2D eigenvalue weighted by Crippen LogP contribution is -2.12. The molecule has 0 N–H and O–H groups in total. The Morgan fingerprint density at radius 2 is 1.58 bits per heavy atom. The molecule has 1 aliphatic carbocycles. The minimum Gasteiger partial charge on any atom is -0.377 e. The molecule has 114 valence electrons. The fourth-order valence-corrected chi connectivity index (χ4v) is 2.65. The summed E-state index contributed by atoms with van der Waals surface area (Å²) in [6.07, 6.45) is 3.16. The topological polar surface area (TPSA) is 98.4 Å². The third-order valence-corrected chi connectivity index (χ3v) is 3.61. The van der Waals surface area contributed by atoms with Crippen LogP contribution in [-0.2, 0) is 0 Å². The summed E-state index contributed by atoms with van der Waals surface area (Å²) in [6, 6.07) is 15.2. The standard InChI is InChI=1S/C19H13N5/c1-24(2)19-17(7-13(9-20)10-21)15-5-3-4-6-16(15)18(19)8-14(11-22)12-23/h3-8,13H,1-2H3/b17-7-.